The molecule has 5 heteroatoms. The van der Waals surface area contributed by atoms with Crippen molar-refractivity contribution in [2.45, 2.75) is 56.8 Å². The molecular formula is C10H17IN2O2. The largest absolute Gasteiger partial charge is 0.461 e. The smallest absolute Gasteiger partial charge is 0.322 e. The van der Waals surface area contributed by atoms with Crippen molar-refractivity contribution in [2.24, 2.45) is 5.73 Å². The molecular weight excluding hydrogens is 307 g/mol. The second-order valence-corrected chi connectivity index (χ2v) is 5.66. The van der Waals surface area contributed by atoms with Gasteiger partial charge in [-0.05, 0) is 19.8 Å². The maximum absolute atomic E-state index is 11.4. The predicted molar refractivity (Wildman–Crippen MR) is 65.4 cm³/mol. The van der Waals surface area contributed by atoms with Gasteiger partial charge in [-0.25, -0.2) is 3.11 Å². The van der Waals surface area contributed by atoms with Crippen LogP contribution in [0.2, 0.25) is 0 Å². The molecule has 2 aliphatic rings. The molecule has 0 amide bonds. The van der Waals surface area contributed by atoms with Gasteiger partial charge in [-0.15, -0.1) is 0 Å². The van der Waals surface area contributed by atoms with Gasteiger partial charge in [0.05, 0.1) is 0 Å². The first-order valence-electron chi connectivity index (χ1n) is 5.48. The Morgan fingerprint density at radius 3 is 2.47 bits per heavy atom. The molecule has 86 valence electrons. The molecule has 2 fully saturated rings. The molecule has 0 aromatic rings. The van der Waals surface area contributed by atoms with Gasteiger partial charge >= 0.3 is 5.97 Å². The number of fused-ring (bicyclic) bond motifs is 2. The predicted octanol–water partition coefficient (Wildman–Crippen LogP) is 1.22. The minimum Gasteiger partial charge on any atom is -0.461 e. The Morgan fingerprint density at radius 1 is 1.47 bits per heavy atom. The molecule has 0 aliphatic carbocycles. The summed E-state index contributed by atoms with van der Waals surface area (Å²) in [6.45, 7) is 1.67. The Kier molecular flexibility index (Phi) is 3.52. The number of rotatable bonds is 2. The minimum absolute atomic E-state index is 0.0898. The van der Waals surface area contributed by atoms with Crippen LogP contribution in [0, 0.1) is 0 Å². The van der Waals surface area contributed by atoms with Crippen LogP contribution < -0.4 is 5.73 Å². The number of carbonyl (C=O) groups is 1. The SMILES string of the molecule is C[C@H](N)C(=O)OC1CC2CCC(C1)N2I. The van der Waals surface area contributed by atoms with Crippen molar-refractivity contribution in [1.29, 1.82) is 0 Å². The van der Waals surface area contributed by atoms with Gasteiger partial charge in [0.25, 0.3) is 0 Å². The lowest BCUT2D eigenvalue weighted by molar-refractivity contribution is -0.152. The topological polar surface area (TPSA) is 55.6 Å². The fourth-order valence-electron chi connectivity index (χ4n) is 2.44. The van der Waals surface area contributed by atoms with E-state index >= 15 is 0 Å². The Balaban J connectivity index is 1.89. The van der Waals surface area contributed by atoms with E-state index in [-0.39, 0.29) is 12.1 Å². The van der Waals surface area contributed by atoms with E-state index in [0.29, 0.717) is 12.1 Å². The molecule has 2 heterocycles. The van der Waals surface area contributed by atoms with E-state index in [1.165, 1.54) is 12.8 Å². The number of esters is 1. The molecule has 2 aliphatic heterocycles. The summed E-state index contributed by atoms with van der Waals surface area (Å²) in [6.07, 6.45) is 4.50. The van der Waals surface area contributed by atoms with Crippen molar-refractivity contribution in [3.8, 4) is 0 Å². The Hall–Kier alpha value is 0.120. The van der Waals surface area contributed by atoms with Crippen molar-refractivity contribution >= 4 is 28.8 Å². The van der Waals surface area contributed by atoms with E-state index in [1.807, 2.05) is 0 Å². The number of hydrogen-bond donors (Lipinski definition) is 1. The summed E-state index contributed by atoms with van der Waals surface area (Å²) >= 11 is 2.40. The zero-order chi connectivity index (χ0) is 11.0. The van der Waals surface area contributed by atoms with Crippen molar-refractivity contribution in [2.75, 3.05) is 0 Å². The van der Waals surface area contributed by atoms with Gasteiger partial charge in [0.15, 0.2) is 0 Å². The highest BCUT2D eigenvalue weighted by Crippen LogP contribution is 2.39. The van der Waals surface area contributed by atoms with E-state index in [4.69, 9.17) is 10.5 Å². The standard InChI is InChI=1S/C10H17IN2O2/c1-6(12)10(14)15-9-4-7-2-3-8(5-9)13(7)11/h6-9H,2-5,12H2,1H3/t6-,7?,8?,9?/m0/s1. The van der Waals surface area contributed by atoms with Crippen LogP contribution in [0.5, 0.6) is 0 Å². The van der Waals surface area contributed by atoms with Gasteiger partial charge in [-0.2, -0.15) is 0 Å². The van der Waals surface area contributed by atoms with Gasteiger partial charge in [0.1, 0.15) is 12.1 Å². The molecule has 15 heavy (non-hydrogen) atoms. The monoisotopic (exact) mass is 324 g/mol. The highest BCUT2D eigenvalue weighted by molar-refractivity contribution is 14.1. The molecule has 2 unspecified atom stereocenters. The van der Waals surface area contributed by atoms with Crippen LogP contribution in [-0.4, -0.2) is 33.3 Å². The summed E-state index contributed by atoms with van der Waals surface area (Å²) in [5.74, 6) is -0.263. The fourth-order valence-corrected chi connectivity index (χ4v) is 3.45. The van der Waals surface area contributed by atoms with Gasteiger partial charge in [-0.1, -0.05) is 0 Å². The molecule has 2 rings (SSSR count). The van der Waals surface area contributed by atoms with Gasteiger partial charge < -0.3 is 10.5 Å². The van der Waals surface area contributed by atoms with Crippen LogP contribution in [0.25, 0.3) is 0 Å². The van der Waals surface area contributed by atoms with Crippen LogP contribution in [0.1, 0.15) is 32.6 Å². The van der Waals surface area contributed by atoms with Crippen LogP contribution in [-0.2, 0) is 9.53 Å². The third-order valence-corrected chi connectivity index (χ3v) is 4.83. The summed E-state index contributed by atoms with van der Waals surface area (Å²) < 4.78 is 7.78. The normalized spacial score (nSPS) is 37.7. The third kappa shape index (κ3) is 2.45. The van der Waals surface area contributed by atoms with Crippen molar-refractivity contribution in [3.05, 3.63) is 0 Å². The number of ether oxygens (including phenoxy) is 1. The zero-order valence-corrected chi connectivity index (χ0v) is 11.0. The minimum atomic E-state index is -0.500. The molecule has 2 N–H and O–H groups in total. The van der Waals surface area contributed by atoms with Crippen LogP contribution in [0.15, 0.2) is 0 Å². The lowest BCUT2D eigenvalue weighted by atomic mass is 10.0. The average Bonchev–Trinajstić information content (AvgIpc) is 2.41. The molecule has 0 aromatic heterocycles. The fraction of sp³-hybridized carbons (Fsp3) is 0.900. The molecule has 2 bridgehead atoms. The summed E-state index contributed by atoms with van der Waals surface area (Å²) in [5, 5.41) is 0. The summed E-state index contributed by atoms with van der Waals surface area (Å²) in [6, 6.07) is 0.686. The van der Waals surface area contributed by atoms with Gasteiger partial charge in [0.2, 0.25) is 0 Å². The van der Waals surface area contributed by atoms with Gasteiger partial charge in [0, 0.05) is 47.8 Å². The van der Waals surface area contributed by atoms with E-state index in [1.54, 1.807) is 6.92 Å². The first-order chi connectivity index (χ1) is 7.08. The Labute approximate surface area is 104 Å². The molecule has 2 saturated heterocycles. The van der Waals surface area contributed by atoms with E-state index in [9.17, 15) is 4.79 Å². The number of piperidine rings is 1. The highest BCUT2D eigenvalue weighted by atomic mass is 127. The van der Waals surface area contributed by atoms with Crippen LogP contribution in [0.3, 0.4) is 0 Å². The molecule has 0 radical (unpaired) electrons. The molecule has 0 spiro atoms. The maximum Gasteiger partial charge on any atom is 0.322 e. The molecule has 4 nitrogen and oxygen atoms in total. The van der Waals surface area contributed by atoms with E-state index in [0.717, 1.165) is 12.8 Å². The molecule has 0 aromatic carbocycles. The van der Waals surface area contributed by atoms with Crippen molar-refractivity contribution in [3.63, 3.8) is 0 Å². The Morgan fingerprint density at radius 2 is 2.00 bits per heavy atom. The van der Waals surface area contributed by atoms with Crippen LogP contribution >= 0.6 is 22.9 Å². The lowest BCUT2D eigenvalue weighted by Gasteiger charge is -2.34. The number of hydrogen-bond acceptors (Lipinski definition) is 4. The third-order valence-electron chi connectivity index (χ3n) is 3.26. The maximum atomic E-state index is 11.4. The first kappa shape index (κ1) is 11.6. The van der Waals surface area contributed by atoms with Gasteiger partial charge in [-0.3, -0.25) is 4.79 Å². The summed E-state index contributed by atoms with van der Waals surface area (Å²) in [4.78, 5) is 11.4. The van der Waals surface area contributed by atoms with Crippen LogP contribution in [0.4, 0.5) is 0 Å². The zero-order valence-electron chi connectivity index (χ0n) is 8.86. The van der Waals surface area contributed by atoms with E-state index < -0.39 is 6.04 Å². The summed E-state index contributed by atoms with van der Waals surface area (Å²) in [7, 11) is 0. The highest BCUT2D eigenvalue weighted by Gasteiger charge is 2.41. The number of nitrogens with zero attached hydrogens (tertiary/aromatic N) is 1. The summed E-state index contributed by atoms with van der Waals surface area (Å²) in [5.41, 5.74) is 5.48. The quantitative estimate of drug-likeness (QED) is 0.471. The molecule has 0 saturated carbocycles. The van der Waals surface area contributed by atoms with Crippen molar-refractivity contribution < 1.29 is 9.53 Å². The van der Waals surface area contributed by atoms with E-state index in [2.05, 4.69) is 26.0 Å². The lowest BCUT2D eigenvalue weighted by Crippen LogP contribution is -2.42. The number of nitrogens with two attached hydrogens (primary N) is 1. The second-order valence-electron chi connectivity index (χ2n) is 4.55. The Bertz CT molecular complexity index is 246. The first-order valence-corrected chi connectivity index (χ1v) is 6.44. The number of halogens is 1. The second kappa shape index (κ2) is 4.55. The molecule has 3 atom stereocenters. The number of carbonyl (C=O) groups excluding carboxylic acids is 1. The van der Waals surface area contributed by atoms with Crippen molar-refractivity contribution in [1.82, 2.24) is 3.11 Å². The average molecular weight is 324 g/mol.